The molecule has 0 saturated carbocycles. The van der Waals surface area contributed by atoms with Crippen LogP contribution in [0.15, 0.2) is 24.3 Å². The molecule has 0 saturated heterocycles. The van der Waals surface area contributed by atoms with Gasteiger partial charge in [-0.25, -0.2) is 0 Å². The summed E-state index contributed by atoms with van der Waals surface area (Å²) in [7, 11) is 3.52. The zero-order chi connectivity index (χ0) is 26.9. The summed E-state index contributed by atoms with van der Waals surface area (Å²) in [6, 6.07) is 9.06. The van der Waals surface area contributed by atoms with Gasteiger partial charge in [0, 0.05) is 11.1 Å². The Morgan fingerprint density at radius 2 is 0.833 bits per heavy atom. The minimum absolute atomic E-state index is 0.0987. The molecule has 2 rings (SSSR count). The van der Waals surface area contributed by atoms with E-state index in [9.17, 15) is 0 Å². The fourth-order valence-electron chi connectivity index (χ4n) is 4.81. The predicted octanol–water partition coefficient (Wildman–Crippen LogP) is 9.90. The number of hydrogen-bond acceptors (Lipinski definition) is 2. The van der Waals surface area contributed by atoms with E-state index in [1.165, 1.54) is 60.8 Å². The Morgan fingerprint density at radius 1 is 0.528 bits per heavy atom. The summed E-state index contributed by atoms with van der Waals surface area (Å²) in [5, 5.41) is 0. The van der Waals surface area contributed by atoms with Crippen molar-refractivity contribution in [2.24, 2.45) is 0 Å². The van der Waals surface area contributed by atoms with Crippen LogP contribution in [0.25, 0.3) is 0 Å². The van der Waals surface area contributed by atoms with Gasteiger partial charge >= 0.3 is 0 Å². The standard InChI is InChI=1S/C32H48Cl2O2/c1-31(2,3)27-17-23(29(35-7)25(19-27)21-33)15-13-11-9-10-12-14-16-24-18-28(32(4,5)6)20-26(22-34)30(24)36-8/h17-20H,9-16,21-22H2,1-8H3. The Labute approximate surface area is 231 Å². The van der Waals surface area contributed by atoms with Crippen LogP contribution in [0, 0.1) is 0 Å². The molecule has 0 amide bonds. The SMILES string of the molecule is COc1c(CCl)cc(C(C)(C)C)cc1CCCCCCCCc1cc(C(C)(C)C)cc(CCl)c1OC. The summed E-state index contributed by atoms with van der Waals surface area (Å²) in [6.45, 7) is 13.5. The number of aryl methyl sites for hydroxylation is 2. The largest absolute Gasteiger partial charge is 0.496 e. The number of ether oxygens (including phenoxy) is 2. The fourth-order valence-corrected chi connectivity index (χ4v) is 5.20. The van der Waals surface area contributed by atoms with Crippen LogP contribution in [-0.4, -0.2) is 14.2 Å². The van der Waals surface area contributed by atoms with Gasteiger partial charge in [-0.3, -0.25) is 0 Å². The van der Waals surface area contributed by atoms with Gasteiger partial charge in [0.25, 0.3) is 0 Å². The molecule has 202 valence electrons. The molecule has 0 unspecified atom stereocenters. The summed E-state index contributed by atoms with van der Waals surface area (Å²) in [5.41, 5.74) is 7.65. The highest BCUT2D eigenvalue weighted by Gasteiger charge is 2.20. The van der Waals surface area contributed by atoms with E-state index in [0.29, 0.717) is 11.8 Å². The van der Waals surface area contributed by atoms with Crippen molar-refractivity contribution in [3.8, 4) is 11.5 Å². The highest BCUT2D eigenvalue weighted by molar-refractivity contribution is 6.17. The summed E-state index contributed by atoms with van der Waals surface area (Å²) >= 11 is 12.5. The summed E-state index contributed by atoms with van der Waals surface area (Å²) in [4.78, 5) is 0. The van der Waals surface area contributed by atoms with Gasteiger partial charge in [-0.2, -0.15) is 0 Å². The summed E-state index contributed by atoms with van der Waals surface area (Å²) in [6.07, 6.45) is 9.41. The molecule has 0 aliphatic carbocycles. The summed E-state index contributed by atoms with van der Waals surface area (Å²) < 4.78 is 11.5. The number of methoxy groups -OCH3 is 2. The second-order valence-corrected chi connectivity index (χ2v) is 12.6. The lowest BCUT2D eigenvalue weighted by atomic mass is 9.84. The summed E-state index contributed by atoms with van der Waals surface area (Å²) in [5.74, 6) is 2.91. The molecule has 0 aliphatic rings. The number of rotatable bonds is 13. The first-order valence-electron chi connectivity index (χ1n) is 13.5. The van der Waals surface area contributed by atoms with Crippen LogP contribution >= 0.6 is 23.2 Å². The van der Waals surface area contributed by atoms with Crippen molar-refractivity contribution in [1.82, 2.24) is 0 Å². The third-order valence-electron chi connectivity index (χ3n) is 7.06. The molecule has 0 fully saturated rings. The van der Waals surface area contributed by atoms with Crippen LogP contribution < -0.4 is 9.47 Å². The van der Waals surface area contributed by atoms with Crippen molar-refractivity contribution in [3.63, 3.8) is 0 Å². The first-order chi connectivity index (χ1) is 17.0. The highest BCUT2D eigenvalue weighted by atomic mass is 35.5. The van der Waals surface area contributed by atoms with Gasteiger partial charge < -0.3 is 9.47 Å². The van der Waals surface area contributed by atoms with Crippen molar-refractivity contribution in [2.45, 2.75) is 115 Å². The minimum atomic E-state index is 0.0987. The zero-order valence-corrected chi connectivity index (χ0v) is 25.5. The van der Waals surface area contributed by atoms with Gasteiger partial charge in [-0.15, -0.1) is 23.2 Å². The van der Waals surface area contributed by atoms with Gasteiger partial charge in [0.15, 0.2) is 0 Å². The molecular weight excluding hydrogens is 487 g/mol. The van der Waals surface area contributed by atoms with Gasteiger partial charge in [-0.1, -0.05) is 91.5 Å². The van der Waals surface area contributed by atoms with Crippen LogP contribution in [0.4, 0.5) is 0 Å². The lowest BCUT2D eigenvalue weighted by Gasteiger charge is -2.23. The minimum Gasteiger partial charge on any atom is -0.496 e. The number of halogens is 2. The Hall–Kier alpha value is -1.38. The lowest BCUT2D eigenvalue weighted by molar-refractivity contribution is 0.403. The Morgan fingerprint density at radius 3 is 1.11 bits per heavy atom. The van der Waals surface area contributed by atoms with Gasteiger partial charge in [0.1, 0.15) is 11.5 Å². The molecule has 36 heavy (non-hydrogen) atoms. The first kappa shape index (κ1) is 30.8. The van der Waals surface area contributed by atoms with E-state index in [4.69, 9.17) is 32.7 Å². The van der Waals surface area contributed by atoms with E-state index in [1.807, 2.05) is 0 Å². The van der Waals surface area contributed by atoms with Crippen LogP contribution in [0.5, 0.6) is 11.5 Å². The third-order valence-corrected chi connectivity index (χ3v) is 7.63. The maximum atomic E-state index is 6.25. The molecule has 0 N–H and O–H groups in total. The number of benzene rings is 2. The van der Waals surface area contributed by atoms with E-state index in [0.717, 1.165) is 35.5 Å². The van der Waals surface area contributed by atoms with E-state index in [2.05, 4.69) is 65.8 Å². The van der Waals surface area contributed by atoms with Crippen LogP contribution in [0.2, 0.25) is 0 Å². The van der Waals surface area contributed by atoms with Gasteiger partial charge in [0.05, 0.1) is 26.0 Å². The molecule has 2 aromatic carbocycles. The molecule has 0 spiro atoms. The van der Waals surface area contributed by atoms with Crippen LogP contribution in [0.1, 0.15) is 113 Å². The van der Waals surface area contributed by atoms with Crippen molar-refractivity contribution in [3.05, 3.63) is 57.6 Å². The smallest absolute Gasteiger partial charge is 0.126 e. The van der Waals surface area contributed by atoms with Crippen LogP contribution in [-0.2, 0) is 35.4 Å². The molecule has 0 bridgehead atoms. The van der Waals surface area contributed by atoms with Crippen molar-refractivity contribution in [1.29, 1.82) is 0 Å². The number of unbranched alkanes of at least 4 members (excludes halogenated alkanes) is 5. The second kappa shape index (κ2) is 14.0. The van der Waals surface area contributed by atoms with Crippen molar-refractivity contribution in [2.75, 3.05) is 14.2 Å². The maximum absolute atomic E-state index is 6.25. The lowest BCUT2D eigenvalue weighted by Crippen LogP contribution is -2.13. The molecule has 0 aliphatic heterocycles. The van der Waals surface area contributed by atoms with Gasteiger partial charge in [-0.05, 0) is 58.8 Å². The molecular formula is C32H48Cl2O2. The molecule has 2 nitrogen and oxygen atoms in total. The van der Waals surface area contributed by atoms with Gasteiger partial charge in [0.2, 0.25) is 0 Å². The highest BCUT2D eigenvalue weighted by Crippen LogP contribution is 2.35. The predicted molar refractivity (Wildman–Crippen MR) is 158 cm³/mol. The zero-order valence-electron chi connectivity index (χ0n) is 24.0. The second-order valence-electron chi connectivity index (χ2n) is 12.0. The molecule has 0 aromatic heterocycles. The van der Waals surface area contributed by atoms with Crippen molar-refractivity contribution >= 4 is 23.2 Å². The normalized spacial score (nSPS) is 12.2. The van der Waals surface area contributed by atoms with E-state index in [1.54, 1.807) is 14.2 Å². The molecule has 2 aromatic rings. The number of alkyl halides is 2. The molecule has 0 heterocycles. The monoisotopic (exact) mass is 534 g/mol. The quantitative estimate of drug-likeness (QED) is 0.188. The van der Waals surface area contributed by atoms with E-state index >= 15 is 0 Å². The van der Waals surface area contributed by atoms with Crippen LogP contribution in [0.3, 0.4) is 0 Å². The third kappa shape index (κ3) is 8.59. The Bertz CT molecular complexity index is 888. The average Bonchev–Trinajstić information content (AvgIpc) is 2.83. The molecule has 0 radical (unpaired) electrons. The van der Waals surface area contributed by atoms with Crippen molar-refractivity contribution < 1.29 is 9.47 Å². The molecule has 0 atom stereocenters. The maximum Gasteiger partial charge on any atom is 0.126 e. The Kier molecular flexibility index (Phi) is 12.0. The Balaban J connectivity index is 1.88. The van der Waals surface area contributed by atoms with E-state index < -0.39 is 0 Å². The first-order valence-corrected chi connectivity index (χ1v) is 14.6. The molecule has 4 heteroatoms. The average molecular weight is 536 g/mol. The van der Waals surface area contributed by atoms with E-state index in [-0.39, 0.29) is 10.8 Å². The fraction of sp³-hybridized carbons (Fsp3) is 0.625. The number of hydrogen-bond donors (Lipinski definition) is 0. The topological polar surface area (TPSA) is 18.5 Å².